The number of hydrogen-bond acceptors (Lipinski definition) is 7. The number of aromatic hydroxyl groups is 1. The molecule has 0 amide bonds. The van der Waals surface area contributed by atoms with Gasteiger partial charge in [-0.25, -0.2) is 0 Å². The molecular weight excluding hydrogens is 554 g/mol. The number of benzene rings is 1. The SMILES string of the molecule is CC(O)CNCC([C+]1C=NC(CCOc2cc(CC[C-]3C=C(CO)C(CCCCCCCN)[OH+]3)ccc2O)=C1)C1CCCC1. The minimum Gasteiger partial charge on any atom is -0.504 e. The Kier molecular flexibility index (Phi) is 14.4. The van der Waals surface area contributed by atoms with E-state index in [0.29, 0.717) is 37.2 Å². The molecule has 2 aliphatic heterocycles. The summed E-state index contributed by atoms with van der Waals surface area (Å²) in [6, 6.07) is 5.57. The molecule has 0 saturated heterocycles. The maximum absolute atomic E-state index is 10.5. The molecule has 244 valence electrons. The zero-order chi connectivity index (χ0) is 31.1. The number of nitrogens with one attached hydrogen (secondary N) is 1. The van der Waals surface area contributed by atoms with E-state index in [4.69, 9.17) is 20.2 Å². The number of phenolic OH excluding ortho intramolecular Hbond substituents is 1. The maximum Gasteiger partial charge on any atom is 0.178 e. The largest absolute Gasteiger partial charge is 0.504 e. The van der Waals surface area contributed by atoms with Crippen molar-refractivity contribution in [2.75, 3.05) is 32.8 Å². The van der Waals surface area contributed by atoms with Crippen molar-refractivity contribution in [3.63, 3.8) is 0 Å². The molecule has 0 radical (unpaired) electrons. The normalized spacial score (nSPS) is 20.0. The van der Waals surface area contributed by atoms with Gasteiger partial charge in [-0.15, -0.1) is 16.6 Å². The van der Waals surface area contributed by atoms with Crippen molar-refractivity contribution in [3.05, 3.63) is 59.2 Å². The number of unbranched alkanes of at least 4 members (excludes halogenated alkanes) is 4. The third kappa shape index (κ3) is 10.8. The second-order valence-electron chi connectivity index (χ2n) is 12.8. The molecule has 8 heteroatoms. The van der Waals surface area contributed by atoms with Gasteiger partial charge in [0.1, 0.15) is 30.9 Å². The Balaban J connectivity index is 1.21. The molecular formula is C36H56N3O5+. The van der Waals surface area contributed by atoms with Gasteiger partial charge in [0.25, 0.3) is 0 Å². The van der Waals surface area contributed by atoms with Crippen molar-refractivity contribution in [2.24, 2.45) is 22.6 Å². The highest BCUT2D eigenvalue weighted by Gasteiger charge is 2.37. The lowest BCUT2D eigenvalue weighted by molar-refractivity contribution is -0.0552. The molecule has 3 atom stereocenters. The summed E-state index contributed by atoms with van der Waals surface area (Å²) in [6.07, 6.45) is 21.2. The summed E-state index contributed by atoms with van der Waals surface area (Å²) >= 11 is 0. The van der Waals surface area contributed by atoms with E-state index in [1.54, 1.807) is 6.07 Å². The van der Waals surface area contributed by atoms with E-state index in [9.17, 15) is 15.3 Å². The number of aliphatic imine (C=N–C) groups is 1. The number of hydrogen-bond donors (Lipinski definition) is 5. The Morgan fingerprint density at radius 2 is 1.93 bits per heavy atom. The van der Waals surface area contributed by atoms with Gasteiger partial charge in [-0.3, -0.25) is 0 Å². The van der Waals surface area contributed by atoms with Crippen molar-refractivity contribution in [3.8, 4) is 11.5 Å². The molecule has 2 heterocycles. The number of aryl methyl sites for hydroxylation is 1. The van der Waals surface area contributed by atoms with Gasteiger partial charge in [-0.1, -0.05) is 38.2 Å². The number of rotatable bonds is 21. The molecule has 8 nitrogen and oxygen atoms in total. The predicted octanol–water partition coefficient (Wildman–Crippen LogP) is 5.07. The van der Waals surface area contributed by atoms with E-state index in [2.05, 4.69) is 17.5 Å². The van der Waals surface area contributed by atoms with Crippen molar-refractivity contribution in [2.45, 2.75) is 103 Å². The zero-order valence-electron chi connectivity index (χ0n) is 26.7. The van der Waals surface area contributed by atoms with Crippen LogP contribution in [0, 0.1) is 23.9 Å². The van der Waals surface area contributed by atoms with E-state index in [-0.39, 0.29) is 24.6 Å². The van der Waals surface area contributed by atoms with E-state index in [0.717, 1.165) is 68.1 Å². The van der Waals surface area contributed by atoms with Crippen LogP contribution in [0.15, 0.2) is 46.6 Å². The number of ether oxygens (including phenoxy) is 2. The Bertz CT molecular complexity index is 1080. The molecule has 1 aromatic carbocycles. The summed E-state index contributed by atoms with van der Waals surface area (Å²) < 4.78 is 10.9. The first kappa shape index (κ1) is 34.4. The molecule has 0 aromatic heterocycles. The fourth-order valence-corrected chi connectivity index (χ4v) is 6.68. The number of nitrogens with zero attached hydrogens (tertiary/aromatic N) is 1. The lowest BCUT2D eigenvalue weighted by atomic mass is 9.81. The first-order valence-corrected chi connectivity index (χ1v) is 17.0. The van der Waals surface area contributed by atoms with Crippen LogP contribution in [-0.2, 0) is 6.42 Å². The number of aliphatic hydroxyl groups excluding tert-OH is 2. The Morgan fingerprint density at radius 1 is 1.14 bits per heavy atom. The first-order valence-electron chi connectivity index (χ1n) is 17.0. The summed E-state index contributed by atoms with van der Waals surface area (Å²) in [5, 5.41) is 33.4. The quantitative estimate of drug-likeness (QED) is 0.0750. The van der Waals surface area contributed by atoms with E-state index < -0.39 is 0 Å². The van der Waals surface area contributed by atoms with E-state index in [1.807, 2.05) is 25.3 Å². The molecule has 3 aliphatic rings. The highest BCUT2D eigenvalue weighted by molar-refractivity contribution is 5.83. The van der Waals surface area contributed by atoms with Crippen molar-refractivity contribution < 1.29 is 24.8 Å². The monoisotopic (exact) mass is 610 g/mol. The second-order valence-corrected chi connectivity index (χ2v) is 12.8. The molecule has 1 aliphatic carbocycles. The van der Waals surface area contributed by atoms with Crippen LogP contribution in [0.3, 0.4) is 0 Å². The van der Waals surface area contributed by atoms with E-state index in [1.165, 1.54) is 50.9 Å². The first-order chi connectivity index (χ1) is 21.5. The molecule has 7 N–H and O–H groups in total. The van der Waals surface area contributed by atoms with Gasteiger partial charge in [0, 0.05) is 26.1 Å². The van der Waals surface area contributed by atoms with E-state index >= 15 is 0 Å². The van der Waals surface area contributed by atoms with Crippen LogP contribution in [0.2, 0.25) is 0 Å². The summed E-state index contributed by atoms with van der Waals surface area (Å²) in [4.78, 5) is 4.69. The molecule has 4 rings (SSSR count). The van der Waals surface area contributed by atoms with Gasteiger partial charge < -0.3 is 35.8 Å². The van der Waals surface area contributed by atoms with Gasteiger partial charge in [0.05, 0.1) is 24.5 Å². The average molecular weight is 611 g/mol. The second kappa shape index (κ2) is 18.5. The number of allylic oxidation sites excluding steroid dienone is 1. The van der Waals surface area contributed by atoms with Gasteiger partial charge >= 0.3 is 0 Å². The number of phenols is 1. The minimum absolute atomic E-state index is 0.0584. The molecule has 1 saturated carbocycles. The minimum atomic E-state index is -0.351. The summed E-state index contributed by atoms with van der Waals surface area (Å²) in [6.45, 7) is 4.53. The van der Waals surface area contributed by atoms with Crippen LogP contribution in [0.1, 0.15) is 89.5 Å². The van der Waals surface area contributed by atoms with Crippen LogP contribution in [0.25, 0.3) is 0 Å². The lowest BCUT2D eigenvalue weighted by Crippen LogP contribution is -2.35. The smallest absolute Gasteiger partial charge is 0.178 e. The summed E-state index contributed by atoms with van der Waals surface area (Å²) in [5.41, 5.74) is 8.69. The Labute approximate surface area is 264 Å². The van der Waals surface area contributed by atoms with Crippen LogP contribution in [0.5, 0.6) is 11.5 Å². The average Bonchev–Trinajstić information content (AvgIpc) is 3.79. The standard InChI is InChI=1S/C36H55N3O5/c1-26(41)22-38-24-33(28-9-6-7-10-28)29-20-31(39-23-29)16-18-43-36-19-27(13-15-34(36)42)12-14-32-21-30(25-40)35(44-32)11-5-3-2-4-8-17-37/h13,15,19-21,23,26,28,33,35,38,40-41,44H,2-12,14,16-18,22,24-25,37H2,1H3/p+1. The topological polar surface area (TPSA) is 133 Å². The molecule has 0 spiro atoms. The van der Waals surface area contributed by atoms with Crippen LogP contribution in [0.4, 0.5) is 0 Å². The fourth-order valence-electron chi connectivity index (χ4n) is 6.68. The van der Waals surface area contributed by atoms with Crippen molar-refractivity contribution in [1.82, 2.24) is 5.32 Å². The lowest BCUT2D eigenvalue weighted by Gasteiger charge is -2.22. The molecule has 44 heavy (non-hydrogen) atoms. The number of aliphatic hydroxyl groups is 4. The van der Waals surface area contributed by atoms with Crippen molar-refractivity contribution in [1.29, 1.82) is 0 Å². The summed E-state index contributed by atoms with van der Waals surface area (Å²) in [5.74, 6) is 2.98. The third-order valence-electron chi connectivity index (χ3n) is 9.19. The predicted molar refractivity (Wildman–Crippen MR) is 178 cm³/mol. The van der Waals surface area contributed by atoms with Gasteiger partial charge in [-0.05, 0) is 75.6 Å². The fraction of sp³-hybridized carbons (Fsp3) is 0.639. The van der Waals surface area contributed by atoms with Crippen LogP contribution >= 0.6 is 0 Å². The number of nitrogens with two attached hydrogens (primary N) is 1. The van der Waals surface area contributed by atoms with Gasteiger partial charge in [0.2, 0.25) is 0 Å². The summed E-state index contributed by atoms with van der Waals surface area (Å²) in [7, 11) is 0. The van der Waals surface area contributed by atoms with Crippen LogP contribution in [-0.4, -0.2) is 71.3 Å². The zero-order valence-corrected chi connectivity index (χ0v) is 26.7. The molecule has 0 bridgehead atoms. The highest BCUT2D eigenvalue weighted by Crippen LogP contribution is 2.38. The Morgan fingerprint density at radius 3 is 2.70 bits per heavy atom. The third-order valence-corrected chi connectivity index (χ3v) is 9.19. The highest BCUT2D eigenvalue weighted by atomic mass is 16.5. The molecule has 1 aromatic rings. The van der Waals surface area contributed by atoms with Crippen LogP contribution < -0.4 is 15.8 Å². The van der Waals surface area contributed by atoms with Gasteiger partial charge in [-0.2, -0.15) is 0 Å². The maximum atomic E-state index is 10.5. The van der Waals surface area contributed by atoms with Crippen molar-refractivity contribution >= 4 is 6.21 Å². The molecule has 1 fully saturated rings. The molecule has 3 unspecified atom stereocenters. The Hall–Kier alpha value is -2.49. The van der Waals surface area contributed by atoms with Gasteiger partial charge in [0.15, 0.2) is 17.2 Å².